The molecule has 0 amide bonds. The summed E-state index contributed by atoms with van der Waals surface area (Å²) in [5.41, 5.74) is 1.66. The Bertz CT molecular complexity index is 977. The summed E-state index contributed by atoms with van der Waals surface area (Å²) in [6, 6.07) is 6.00. The number of imidazole rings is 1. The summed E-state index contributed by atoms with van der Waals surface area (Å²) in [4.78, 5) is 8.47. The minimum atomic E-state index is 0.122. The van der Waals surface area contributed by atoms with Crippen LogP contribution >= 0.6 is 11.8 Å². The van der Waals surface area contributed by atoms with Gasteiger partial charge in [0.05, 0.1) is 23.8 Å². The van der Waals surface area contributed by atoms with Crippen molar-refractivity contribution in [2.75, 3.05) is 0 Å². The number of benzene rings is 1. The lowest BCUT2D eigenvalue weighted by atomic mass is 9.93. The lowest BCUT2D eigenvalue weighted by molar-refractivity contribution is 0.307. The normalized spacial score (nSPS) is 26.5. The third-order valence-corrected chi connectivity index (χ3v) is 6.80. The molecule has 2 fully saturated rings. The maximum atomic E-state index is 10.4. The number of phenols is 1. The van der Waals surface area contributed by atoms with Crippen molar-refractivity contribution in [1.82, 2.24) is 30.0 Å². The molecule has 2 bridgehead atoms. The number of fused-ring (bicyclic) bond motifs is 2. The maximum Gasteiger partial charge on any atom is 0.185 e. The number of nitrogens with zero attached hydrogens (tertiary/aromatic N) is 5. The summed E-state index contributed by atoms with van der Waals surface area (Å²) in [5, 5.41) is 24.2. The van der Waals surface area contributed by atoms with Crippen LogP contribution < -0.4 is 5.32 Å². The predicted octanol–water partition coefficient (Wildman–Crippen LogP) is 3.20. The molecule has 3 atom stereocenters. The molecule has 144 valence electrons. The summed E-state index contributed by atoms with van der Waals surface area (Å²) in [6.45, 7) is 2.32. The fourth-order valence-corrected chi connectivity index (χ4v) is 5.68. The SMILES string of the molecule is C[C@]12CC[C@H](C[C@@H](Sc3cnc(-c4ccc(-n5ccnc5)cc4O)nn3)C1)N2. The van der Waals surface area contributed by atoms with E-state index in [2.05, 4.69) is 32.4 Å². The summed E-state index contributed by atoms with van der Waals surface area (Å²) >= 11 is 1.77. The zero-order valence-electron chi connectivity index (χ0n) is 15.6. The zero-order valence-corrected chi connectivity index (χ0v) is 16.4. The zero-order chi connectivity index (χ0) is 19.1. The van der Waals surface area contributed by atoms with E-state index in [1.54, 1.807) is 42.6 Å². The molecule has 0 spiro atoms. The van der Waals surface area contributed by atoms with E-state index in [4.69, 9.17) is 0 Å². The maximum absolute atomic E-state index is 10.4. The summed E-state index contributed by atoms with van der Waals surface area (Å²) in [7, 11) is 0. The molecule has 3 aromatic rings. The van der Waals surface area contributed by atoms with Crippen molar-refractivity contribution in [2.24, 2.45) is 0 Å². The Balaban J connectivity index is 1.31. The van der Waals surface area contributed by atoms with E-state index in [1.807, 2.05) is 16.8 Å². The van der Waals surface area contributed by atoms with E-state index in [1.165, 1.54) is 19.3 Å². The Kier molecular flexibility index (Phi) is 4.32. The van der Waals surface area contributed by atoms with Gasteiger partial charge in [0.25, 0.3) is 0 Å². The van der Waals surface area contributed by atoms with Gasteiger partial charge in [0.15, 0.2) is 5.82 Å². The monoisotopic (exact) mass is 394 g/mol. The molecule has 2 aliphatic heterocycles. The number of thioether (sulfide) groups is 1. The van der Waals surface area contributed by atoms with Crippen LogP contribution in [0.2, 0.25) is 0 Å². The fourth-order valence-electron chi connectivity index (χ4n) is 4.36. The molecule has 2 saturated heterocycles. The molecule has 0 unspecified atom stereocenters. The second-order valence-corrected chi connectivity index (χ2v) is 9.23. The molecule has 2 aromatic heterocycles. The van der Waals surface area contributed by atoms with E-state index >= 15 is 0 Å². The Morgan fingerprint density at radius 2 is 2.25 bits per heavy atom. The van der Waals surface area contributed by atoms with Gasteiger partial charge >= 0.3 is 0 Å². The van der Waals surface area contributed by atoms with Crippen LogP contribution in [0.3, 0.4) is 0 Å². The molecule has 7 nitrogen and oxygen atoms in total. The Hall–Kier alpha value is -2.45. The highest BCUT2D eigenvalue weighted by Crippen LogP contribution is 2.41. The van der Waals surface area contributed by atoms with Gasteiger partial charge in [0.1, 0.15) is 10.8 Å². The number of aromatic hydroxyl groups is 1. The average Bonchev–Trinajstić information content (AvgIpc) is 3.30. The van der Waals surface area contributed by atoms with Crippen LogP contribution in [0.5, 0.6) is 5.75 Å². The van der Waals surface area contributed by atoms with E-state index in [0.717, 1.165) is 17.1 Å². The van der Waals surface area contributed by atoms with Crippen molar-refractivity contribution in [2.45, 2.75) is 54.5 Å². The molecule has 2 aliphatic rings. The molecule has 0 radical (unpaired) electrons. The fraction of sp³-hybridized carbons (Fsp3) is 0.400. The van der Waals surface area contributed by atoms with Crippen LogP contribution in [0.1, 0.15) is 32.6 Å². The number of hydrogen-bond acceptors (Lipinski definition) is 7. The Morgan fingerprint density at radius 1 is 1.32 bits per heavy atom. The minimum Gasteiger partial charge on any atom is -0.507 e. The second-order valence-electron chi connectivity index (χ2n) is 7.91. The number of hydrogen-bond donors (Lipinski definition) is 2. The van der Waals surface area contributed by atoms with Gasteiger partial charge in [0.2, 0.25) is 0 Å². The molecule has 1 aromatic carbocycles. The van der Waals surface area contributed by atoms with Crippen molar-refractivity contribution in [1.29, 1.82) is 0 Å². The molecule has 8 heteroatoms. The van der Waals surface area contributed by atoms with Crippen LogP contribution in [-0.2, 0) is 0 Å². The van der Waals surface area contributed by atoms with Crippen LogP contribution in [0.25, 0.3) is 17.1 Å². The smallest absolute Gasteiger partial charge is 0.185 e. The van der Waals surface area contributed by atoms with E-state index in [0.29, 0.717) is 22.7 Å². The molecule has 0 saturated carbocycles. The first-order chi connectivity index (χ1) is 13.6. The third kappa shape index (κ3) is 3.38. The van der Waals surface area contributed by atoms with Crippen LogP contribution in [0.4, 0.5) is 0 Å². The predicted molar refractivity (Wildman–Crippen MR) is 107 cm³/mol. The largest absolute Gasteiger partial charge is 0.507 e. The highest BCUT2D eigenvalue weighted by atomic mass is 32.2. The number of phenolic OH excluding ortho intramolecular Hbond substituents is 1. The first-order valence-corrected chi connectivity index (χ1v) is 10.4. The number of rotatable bonds is 4. The molecule has 2 N–H and O–H groups in total. The van der Waals surface area contributed by atoms with Gasteiger partial charge in [-0.25, -0.2) is 9.97 Å². The third-order valence-electron chi connectivity index (χ3n) is 5.68. The Labute approximate surface area is 167 Å². The van der Waals surface area contributed by atoms with Gasteiger partial charge in [-0.1, -0.05) is 11.8 Å². The van der Waals surface area contributed by atoms with Crippen molar-refractivity contribution in [3.05, 3.63) is 43.1 Å². The van der Waals surface area contributed by atoms with Crippen LogP contribution in [-0.4, -0.2) is 46.7 Å². The second kappa shape index (κ2) is 6.86. The molecule has 0 aliphatic carbocycles. The van der Waals surface area contributed by atoms with Gasteiger partial charge in [-0.15, -0.1) is 10.2 Å². The summed E-state index contributed by atoms with van der Waals surface area (Å²) in [5.74, 6) is 0.549. The van der Waals surface area contributed by atoms with E-state index in [-0.39, 0.29) is 11.3 Å². The van der Waals surface area contributed by atoms with Gasteiger partial charge in [0, 0.05) is 35.3 Å². The first kappa shape index (κ1) is 17.6. The minimum absolute atomic E-state index is 0.122. The van der Waals surface area contributed by atoms with E-state index in [9.17, 15) is 5.11 Å². The van der Waals surface area contributed by atoms with Crippen LogP contribution in [0, 0.1) is 0 Å². The van der Waals surface area contributed by atoms with Gasteiger partial charge in [-0.05, 0) is 44.7 Å². The standard InChI is InChI=1S/C20H22N6OS/c1-20-5-4-13(23-20)8-15(10-20)28-18-11-22-19(25-24-18)16-3-2-14(9-17(16)27)26-7-6-21-12-26/h2-3,6-7,9,11-13,15,23,27H,4-5,8,10H2,1H3/t13-,15-,20+/m1/s1. The van der Waals surface area contributed by atoms with Gasteiger partial charge < -0.3 is 15.0 Å². The molecular weight excluding hydrogens is 372 g/mol. The van der Waals surface area contributed by atoms with Crippen molar-refractivity contribution >= 4 is 11.8 Å². The summed E-state index contributed by atoms with van der Waals surface area (Å²) in [6.07, 6.45) is 11.8. The molecule has 4 heterocycles. The van der Waals surface area contributed by atoms with E-state index < -0.39 is 0 Å². The van der Waals surface area contributed by atoms with Crippen LogP contribution in [0.15, 0.2) is 48.1 Å². The quantitative estimate of drug-likeness (QED) is 0.702. The van der Waals surface area contributed by atoms with Crippen molar-refractivity contribution < 1.29 is 5.11 Å². The molecular formula is C20H22N6OS. The lowest BCUT2D eigenvalue weighted by Crippen LogP contribution is -2.48. The lowest BCUT2D eigenvalue weighted by Gasteiger charge is -2.35. The molecule has 28 heavy (non-hydrogen) atoms. The summed E-state index contributed by atoms with van der Waals surface area (Å²) < 4.78 is 1.83. The van der Waals surface area contributed by atoms with Gasteiger partial charge in [-0.3, -0.25) is 0 Å². The molecule has 5 rings (SSSR count). The number of nitrogens with one attached hydrogen (secondary N) is 1. The highest BCUT2D eigenvalue weighted by molar-refractivity contribution is 7.99. The topological polar surface area (TPSA) is 88.8 Å². The van der Waals surface area contributed by atoms with Gasteiger partial charge in [-0.2, -0.15) is 0 Å². The number of aromatic nitrogens is 5. The Morgan fingerprint density at radius 3 is 2.96 bits per heavy atom. The number of piperidine rings is 1. The van der Waals surface area contributed by atoms with Crippen molar-refractivity contribution in [3.8, 4) is 22.8 Å². The highest BCUT2D eigenvalue weighted by Gasteiger charge is 2.42. The first-order valence-electron chi connectivity index (χ1n) is 9.54. The average molecular weight is 395 g/mol. The van der Waals surface area contributed by atoms with Crippen molar-refractivity contribution in [3.63, 3.8) is 0 Å².